The minimum atomic E-state index is 1.01. The second-order valence-corrected chi connectivity index (χ2v) is 13.8. The zero-order valence-corrected chi connectivity index (χ0v) is 27.8. The van der Waals surface area contributed by atoms with Gasteiger partial charge in [-0.15, -0.1) is 11.3 Å². The van der Waals surface area contributed by atoms with E-state index in [9.17, 15) is 0 Å². The monoisotopic (exact) mass is 655 g/mol. The van der Waals surface area contributed by atoms with Gasteiger partial charge in [0.05, 0.1) is 11.0 Å². The number of hydrogen-bond acceptors (Lipinski definition) is 4. The predicted molar refractivity (Wildman–Crippen MR) is 213 cm³/mol. The topological polar surface area (TPSA) is 29.0 Å². The van der Waals surface area contributed by atoms with Gasteiger partial charge in [0.2, 0.25) is 0 Å². The van der Waals surface area contributed by atoms with Crippen LogP contribution < -0.4 is 4.90 Å². The van der Waals surface area contributed by atoms with Crippen LogP contribution in [-0.4, -0.2) is 9.97 Å². The molecule has 0 amide bonds. The van der Waals surface area contributed by atoms with Gasteiger partial charge >= 0.3 is 0 Å². The highest BCUT2D eigenvalue weighted by atomic mass is 32.1. The molecule has 50 heavy (non-hydrogen) atoms. The maximum Gasteiger partial charge on any atom is 0.0716 e. The van der Waals surface area contributed by atoms with E-state index in [1.54, 1.807) is 0 Å². The van der Waals surface area contributed by atoms with Gasteiger partial charge < -0.3 is 4.90 Å². The molecular weight excluding hydrogens is 627 g/mol. The summed E-state index contributed by atoms with van der Waals surface area (Å²) in [4.78, 5) is 11.5. The van der Waals surface area contributed by atoms with Crippen LogP contribution in [0.5, 0.6) is 0 Å². The molecule has 0 spiro atoms. The third kappa shape index (κ3) is 4.97. The Bertz CT molecular complexity index is 2750. The fourth-order valence-corrected chi connectivity index (χ4v) is 8.30. The highest BCUT2D eigenvalue weighted by molar-refractivity contribution is 7.25. The lowest BCUT2D eigenvalue weighted by atomic mass is 10.0. The first kappa shape index (κ1) is 28.6. The molecule has 10 aromatic rings. The minimum Gasteiger partial charge on any atom is -0.310 e. The van der Waals surface area contributed by atoms with Crippen molar-refractivity contribution in [1.82, 2.24) is 9.97 Å². The van der Waals surface area contributed by atoms with Crippen LogP contribution in [0.25, 0.3) is 75.0 Å². The van der Waals surface area contributed by atoms with Gasteiger partial charge in [-0.2, -0.15) is 0 Å². The smallest absolute Gasteiger partial charge is 0.0716 e. The van der Waals surface area contributed by atoms with Gasteiger partial charge in [0.1, 0.15) is 0 Å². The molecular formula is C46H29N3S. The molecule has 0 saturated heterocycles. The van der Waals surface area contributed by atoms with Crippen LogP contribution in [-0.2, 0) is 0 Å². The van der Waals surface area contributed by atoms with Crippen LogP contribution in [0.3, 0.4) is 0 Å². The van der Waals surface area contributed by atoms with E-state index in [2.05, 4.69) is 167 Å². The summed E-state index contributed by atoms with van der Waals surface area (Å²) in [5.41, 5.74) is 10.1. The second-order valence-electron chi connectivity index (χ2n) is 12.7. The van der Waals surface area contributed by atoms with E-state index >= 15 is 0 Å². The molecule has 0 saturated carbocycles. The van der Waals surface area contributed by atoms with Gasteiger partial charge in [0, 0.05) is 60.4 Å². The number of thiophene rings is 1. The molecule has 0 aliphatic carbocycles. The Balaban J connectivity index is 1.08. The van der Waals surface area contributed by atoms with Crippen LogP contribution in [0.4, 0.5) is 17.1 Å². The molecule has 7 aromatic carbocycles. The summed E-state index contributed by atoms with van der Waals surface area (Å²) >= 11 is 1.83. The minimum absolute atomic E-state index is 1.01. The number of anilines is 3. The van der Waals surface area contributed by atoms with Crippen molar-refractivity contribution in [2.45, 2.75) is 0 Å². The fraction of sp³-hybridized carbons (Fsp3) is 0. The summed E-state index contributed by atoms with van der Waals surface area (Å²) in [6.45, 7) is 0. The average molecular weight is 656 g/mol. The molecule has 0 aliphatic rings. The summed E-state index contributed by atoms with van der Waals surface area (Å²) in [6.07, 6.45) is 3.71. The van der Waals surface area contributed by atoms with Crippen molar-refractivity contribution >= 4 is 81.1 Å². The van der Waals surface area contributed by atoms with Crippen molar-refractivity contribution in [3.8, 4) is 22.3 Å². The third-order valence-electron chi connectivity index (χ3n) is 9.71. The molecule has 0 aliphatic heterocycles. The molecule has 0 unspecified atom stereocenters. The van der Waals surface area contributed by atoms with Gasteiger partial charge in [0.15, 0.2) is 0 Å². The van der Waals surface area contributed by atoms with Gasteiger partial charge in [-0.3, -0.25) is 9.97 Å². The quantitative estimate of drug-likeness (QED) is 0.185. The van der Waals surface area contributed by atoms with E-state index in [-0.39, 0.29) is 0 Å². The van der Waals surface area contributed by atoms with Crippen molar-refractivity contribution in [2.75, 3.05) is 4.90 Å². The van der Waals surface area contributed by atoms with Crippen LogP contribution >= 0.6 is 11.3 Å². The Morgan fingerprint density at radius 2 is 0.920 bits per heavy atom. The first-order valence-electron chi connectivity index (χ1n) is 16.8. The van der Waals surface area contributed by atoms with E-state index in [1.807, 2.05) is 35.9 Å². The molecule has 0 N–H and O–H groups in total. The Kier molecular flexibility index (Phi) is 6.68. The number of pyridine rings is 2. The molecule has 0 fully saturated rings. The van der Waals surface area contributed by atoms with Crippen LogP contribution in [0.15, 0.2) is 176 Å². The Morgan fingerprint density at radius 1 is 0.360 bits per heavy atom. The maximum atomic E-state index is 4.61. The largest absolute Gasteiger partial charge is 0.310 e. The van der Waals surface area contributed by atoms with E-state index in [1.165, 1.54) is 58.6 Å². The van der Waals surface area contributed by atoms with Gasteiger partial charge in [-0.1, -0.05) is 84.9 Å². The number of fused-ring (bicyclic) bond motifs is 6. The lowest BCUT2D eigenvalue weighted by Gasteiger charge is -2.26. The second kappa shape index (κ2) is 11.7. The molecule has 3 nitrogen and oxygen atoms in total. The molecule has 234 valence electrons. The molecule has 4 heteroatoms. The number of benzene rings is 7. The molecule has 10 rings (SSSR count). The van der Waals surface area contributed by atoms with E-state index in [4.69, 9.17) is 0 Å². The van der Waals surface area contributed by atoms with Crippen molar-refractivity contribution in [2.24, 2.45) is 0 Å². The van der Waals surface area contributed by atoms with Crippen molar-refractivity contribution in [3.05, 3.63) is 176 Å². The molecule has 0 atom stereocenters. The third-order valence-corrected chi connectivity index (χ3v) is 10.8. The summed E-state index contributed by atoms with van der Waals surface area (Å²) in [7, 11) is 0. The summed E-state index contributed by atoms with van der Waals surface area (Å²) in [5, 5.41) is 7.36. The van der Waals surface area contributed by atoms with Crippen LogP contribution in [0.1, 0.15) is 0 Å². The zero-order valence-electron chi connectivity index (χ0n) is 27.0. The summed E-state index contributed by atoms with van der Waals surface area (Å²) in [5.74, 6) is 0. The molecule has 3 aromatic heterocycles. The van der Waals surface area contributed by atoms with E-state index < -0.39 is 0 Å². The first-order valence-corrected chi connectivity index (χ1v) is 17.6. The number of nitrogens with zero attached hydrogens (tertiary/aromatic N) is 3. The van der Waals surface area contributed by atoms with Gasteiger partial charge in [-0.05, 0) is 112 Å². The first-order chi connectivity index (χ1) is 24.7. The van der Waals surface area contributed by atoms with Gasteiger partial charge in [-0.25, -0.2) is 0 Å². The van der Waals surface area contributed by atoms with E-state index in [0.717, 1.165) is 33.5 Å². The highest BCUT2D eigenvalue weighted by Crippen LogP contribution is 2.42. The van der Waals surface area contributed by atoms with Crippen molar-refractivity contribution in [1.29, 1.82) is 0 Å². The zero-order chi connectivity index (χ0) is 33.0. The maximum absolute atomic E-state index is 4.61. The predicted octanol–water partition coefficient (Wildman–Crippen LogP) is 13.1. The normalized spacial score (nSPS) is 11.6. The summed E-state index contributed by atoms with van der Waals surface area (Å²) in [6, 6.07) is 59.2. The molecule has 0 radical (unpaired) electrons. The molecule has 0 bridgehead atoms. The average Bonchev–Trinajstić information content (AvgIpc) is 3.53. The number of aromatic nitrogens is 2. The SMILES string of the molecule is c1ccc2cc(-c3ccc(N(c4ccc(-c5ccc6ncccc6c5)cc4)c4ccc5c(c4)sc4cc6ncccc6cc45)cc3)ccc2c1. The van der Waals surface area contributed by atoms with Gasteiger partial charge in [0.25, 0.3) is 0 Å². The summed E-state index contributed by atoms with van der Waals surface area (Å²) < 4.78 is 2.51. The Hall–Kier alpha value is -6.36. The van der Waals surface area contributed by atoms with Crippen LogP contribution in [0, 0.1) is 0 Å². The van der Waals surface area contributed by atoms with Crippen molar-refractivity contribution in [3.63, 3.8) is 0 Å². The standard InChI is InChI=1S/C46H29N3S/c1-2-6-33-25-34(10-9-30(33)5-1)31-11-16-38(17-12-31)49(39-18-13-32(14-19-39)35-15-22-43-36(26-35)7-3-23-47-43)40-20-21-41-42-27-37-8-4-24-48-44(37)29-46(42)50-45(41)28-40/h1-29H. The lowest BCUT2D eigenvalue weighted by molar-refractivity contribution is 1.29. The number of hydrogen-bond donors (Lipinski definition) is 0. The van der Waals surface area contributed by atoms with E-state index in [0.29, 0.717) is 0 Å². The highest BCUT2D eigenvalue weighted by Gasteiger charge is 2.16. The lowest BCUT2D eigenvalue weighted by Crippen LogP contribution is -2.09. The molecule has 3 heterocycles. The number of rotatable bonds is 5. The fourth-order valence-electron chi connectivity index (χ4n) is 7.15. The Morgan fingerprint density at radius 3 is 1.66 bits per heavy atom. The van der Waals surface area contributed by atoms with Crippen molar-refractivity contribution < 1.29 is 0 Å². The van der Waals surface area contributed by atoms with Crippen LogP contribution in [0.2, 0.25) is 0 Å². The Labute approximate surface area is 293 Å².